The van der Waals surface area contributed by atoms with Crippen molar-refractivity contribution in [1.29, 1.82) is 0 Å². The fraction of sp³-hybridized carbons (Fsp3) is 0.400. The SMILES string of the molecule is COCCN(Cc1nnc(-c2ccc(F)cc2)o1)c1c(N)n(CC(C)C)c(=O)[nH]c1=O. The maximum Gasteiger partial charge on any atom is 0.330 e. The highest BCUT2D eigenvalue weighted by molar-refractivity contribution is 5.62. The van der Waals surface area contributed by atoms with Crippen LogP contribution in [0.2, 0.25) is 0 Å². The highest BCUT2D eigenvalue weighted by atomic mass is 19.1. The smallest absolute Gasteiger partial charge is 0.330 e. The molecule has 0 radical (unpaired) electrons. The summed E-state index contributed by atoms with van der Waals surface area (Å²) >= 11 is 0. The third kappa shape index (κ3) is 5.18. The Labute approximate surface area is 177 Å². The van der Waals surface area contributed by atoms with Crippen LogP contribution in [0, 0.1) is 11.7 Å². The van der Waals surface area contributed by atoms with Crippen LogP contribution in [-0.2, 0) is 17.8 Å². The van der Waals surface area contributed by atoms with Gasteiger partial charge in [-0.25, -0.2) is 9.18 Å². The molecule has 2 aromatic heterocycles. The van der Waals surface area contributed by atoms with Crippen LogP contribution in [0.25, 0.3) is 11.5 Å². The van der Waals surface area contributed by atoms with Gasteiger partial charge in [-0.05, 0) is 30.2 Å². The average Bonchev–Trinajstić information content (AvgIpc) is 3.18. The molecule has 0 aliphatic heterocycles. The number of methoxy groups -OCH3 is 1. The zero-order valence-electron chi connectivity index (χ0n) is 17.6. The van der Waals surface area contributed by atoms with Gasteiger partial charge in [-0.15, -0.1) is 10.2 Å². The molecule has 0 saturated heterocycles. The summed E-state index contributed by atoms with van der Waals surface area (Å²) < 4.78 is 25.3. The number of H-pyrrole nitrogens is 1. The number of halogens is 1. The summed E-state index contributed by atoms with van der Waals surface area (Å²) in [5.74, 6) is 0.252. The number of aromatic nitrogens is 4. The lowest BCUT2D eigenvalue weighted by Gasteiger charge is -2.25. The van der Waals surface area contributed by atoms with E-state index in [-0.39, 0.29) is 48.1 Å². The number of hydrogen-bond acceptors (Lipinski definition) is 8. The van der Waals surface area contributed by atoms with Gasteiger partial charge >= 0.3 is 5.69 Å². The molecule has 3 aromatic rings. The Balaban J connectivity index is 1.96. The van der Waals surface area contributed by atoms with Gasteiger partial charge in [0.25, 0.3) is 5.56 Å². The topological polar surface area (TPSA) is 132 Å². The number of benzene rings is 1. The summed E-state index contributed by atoms with van der Waals surface area (Å²) in [5.41, 5.74) is 5.73. The minimum absolute atomic E-state index is 0.0526. The van der Waals surface area contributed by atoms with Gasteiger partial charge in [0.15, 0.2) is 0 Å². The van der Waals surface area contributed by atoms with Crippen molar-refractivity contribution in [2.75, 3.05) is 30.9 Å². The minimum atomic E-state index is -0.614. The van der Waals surface area contributed by atoms with Crippen LogP contribution in [0.1, 0.15) is 19.7 Å². The molecule has 0 fully saturated rings. The normalized spacial score (nSPS) is 11.3. The van der Waals surface area contributed by atoms with Gasteiger partial charge in [0.2, 0.25) is 11.8 Å². The lowest BCUT2D eigenvalue weighted by atomic mass is 10.2. The van der Waals surface area contributed by atoms with Gasteiger partial charge in [-0.3, -0.25) is 14.3 Å². The standard InChI is InChI=1S/C20H25FN6O4/c1-12(2)10-27-17(22)16(18(28)23-20(27)29)26(8-9-30-3)11-15-24-25-19(31-15)13-4-6-14(21)7-5-13/h4-7,12H,8-11,22H2,1-3H3,(H,23,28,29). The van der Waals surface area contributed by atoms with Gasteiger partial charge in [-0.2, -0.15) is 0 Å². The molecule has 31 heavy (non-hydrogen) atoms. The zero-order chi connectivity index (χ0) is 22.5. The van der Waals surface area contributed by atoms with Crippen molar-refractivity contribution >= 4 is 11.5 Å². The number of rotatable bonds is 9. The maximum absolute atomic E-state index is 13.1. The summed E-state index contributed by atoms with van der Waals surface area (Å²) in [6, 6.07) is 5.64. The van der Waals surface area contributed by atoms with E-state index in [1.807, 2.05) is 13.8 Å². The van der Waals surface area contributed by atoms with Crippen molar-refractivity contribution in [1.82, 2.24) is 19.7 Å². The Bertz CT molecular complexity index is 1140. The fourth-order valence-corrected chi connectivity index (χ4v) is 3.09. The predicted molar refractivity (Wildman–Crippen MR) is 113 cm³/mol. The second-order valence-corrected chi connectivity index (χ2v) is 7.42. The number of ether oxygens (including phenoxy) is 1. The fourth-order valence-electron chi connectivity index (χ4n) is 3.09. The van der Waals surface area contributed by atoms with Crippen LogP contribution in [0.4, 0.5) is 15.9 Å². The molecule has 0 aliphatic carbocycles. The largest absolute Gasteiger partial charge is 0.419 e. The van der Waals surface area contributed by atoms with Crippen molar-refractivity contribution in [3.05, 3.63) is 56.8 Å². The second kappa shape index (κ2) is 9.56. The lowest BCUT2D eigenvalue weighted by molar-refractivity contribution is 0.204. The molecule has 3 N–H and O–H groups in total. The van der Waals surface area contributed by atoms with E-state index < -0.39 is 11.2 Å². The number of nitrogens with two attached hydrogens (primary N) is 1. The number of nitrogens with zero attached hydrogens (tertiary/aromatic N) is 4. The molecule has 0 unspecified atom stereocenters. The Hall–Kier alpha value is -3.47. The first-order chi connectivity index (χ1) is 14.8. The van der Waals surface area contributed by atoms with Crippen LogP contribution < -0.4 is 21.9 Å². The molecule has 0 amide bonds. The van der Waals surface area contributed by atoms with E-state index in [9.17, 15) is 14.0 Å². The number of nitrogens with one attached hydrogen (secondary N) is 1. The van der Waals surface area contributed by atoms with Crippen LogP contribution >= 0.6 is 0 Å². The quantitative estimate of drug-likeness (QED) is 0.521. The molecule has 0 atom stereocenters. The molecule has 166 valence electrons. The lowest BCUT2D eigenvalue weighted by Crippen LogP contribution is -2.40. The average molecular weight is 432 g/mol. The molecule has 3 rings (SSSR count). The summed E-state index contributed by atoms with van der Waals surface area (Å²) in [5, 5.41) is 8.01. The Kier molecular flexibility index (Phi) is 6.85. The molecule has 11 heteroatoms. The van der Waals surface area contributed by atoms with Gasteiger partial charge in [0.1, 0.15) is 17.3 Å². The van der Waals surface area contributed by atoms with Gasteiger partial charge in [0, 0.05) is 25.8 Å². The first kappa shape index (κ1) is 22.2. The minimum Gasteiger partial charge on any atom is -0.419 e. The van der Waals surface area contributed by atoms with E-state index in [0.717, 1.165) is 0 Å². The Morgan fingerprint density at radius 3 is 2.61 bits per heavy atom. The summed E-state index contributed by atoms with van der Waals surface area (Å²) in [6.45, 7) is 4.87. The van der Waals surface area contributed by atoms with Crippen LogP contribution in [0.5, 0.6) is 0 Å². The van der Waals surface area contributed by atoms with Crippen LogP contribution in [0.3, 0.4) is 0 Å². The van der Waals surface area contributed by atoms with Crippen molar-refractivity contribution in [3.63, 3.8) is 0 Å². The predicted octanol–water partition coefficient (Wildman–Crippen LogP) is 1.62. The third-order valence-electron chi connectivity index (χ3n) is 4.53. The van der Waals surface area contributed by atoms with E-state index in [1.165, 1.54) is 35.9 Å². The monoisotopic (exact) mass is 432 g/mol. The van der Waals surface area contributed by atoms with Gasteiger partial charge < -0.3 is 19.8 Å². The number of aromatic amines is 1. The molecular formula is C20H25FN6O4. The summed E-state index contributed by atoms with van der Waals surface area (Å²) in [7, 11) is 1.53. The van der Waals surface area contributed by atoms with Gasteiger partial charge in [-0.1, -0.05) is 13.8 Å². The highest BCUT2D eigenvalue weighted by Crippen LogP contribution is 2.22. The van der Waals surface area contributed by atoms with Crippen LogP contribution in [-0.4, -0.2) is 40.0 Å². The molecule has 0 bridgehead atoms. The first-order valence-electron chi connectivity index (χ1n) is 9.75. The molecule has 0 saturated carbocycles. The zero-order valence-corrected chi connectivity index (χ0v) is 17.6. The van der Waals surface area contributed by atoms with Gasteiger partial charge in [0.05, 0.1) is 13.2 Å². The van der Waals surface area contributed by atoms with Crippen molar-refractivity contribution in [2.45, 2.75) is 26.9 Å². The highest BCUT2D eigenvalue weighted by Gasteiger charge is 2.22. The molecule has 2 heterocycles. The molecule has 1 aromatic carbocycles. The molecule has 10 nitrogen and oxygen atoms in total. The maximum atomic E-state index is 13.1. The second-order valence-electron chi connectivity index (χ2n) is 7.42. The number of nitrogen functional groups attached to an aromatic ring is 1. The van der Waals surface area contributed by atoms with E-state index in [2.05, 4.69) is 15.2 Å². The number of anilines is 2. The summed E-state index contributed by atoms with van der Waals surface area (Å²) in [6.07, 6.45) is 0. The Morgan fingerprint density at radius 1 is 1.26 bits per heavy atom. The Morgan fingerprint density at radius 2 is 1.97 bits per heavy atom. The van der Waals surface area contributed by atoms with Crippen molar-refractivity contribution < 1.29 is 13.5 Å². The van der Waals surface area contributed by atoms with E-state index >= 15 is 0 Å². The molecular weight excluding hydrogens is 407 g/mol. The van der Waals surface area contributed by atoms with E-state index in [1.54, 1.807) is 4.90 Å². The third-order valence-corrected chi connectivity index (χ3v) is 4.53. The van der Waals surface area contributed by atoms with E-state index in [4.69, 9.17) is 14.9 Å². The van der Waals surface area contributed by atoms with Crippen molar-refractivity contribution in [3.8, 4) is 11.5 Å². The number of hydrogen-bond donors (Lipinski definition) is 2. The summed E-state index contributed by atoms with van der Waals surface area (Å²) in [4.78, 5) is 28.8. The van der Waals surface area contributed by atoms with Crippen LogP contribution in [0.15, 0.2) is 38.3 Å². The molecule has 0 spiro atoms. The molecule has 0 aliphatic rings. The van der Waals surface area contributed by atoms with Crippen molar-refractivity contribution in [2.24, 2.45) is 5.92 Å². The van der Waals surface area contributed by atoms with E-state index in [0.29, 0.717) is 18.7 Å². The first-order valence-corrected chi connectivity index (χ1v) is 9.75.